The minimum Gasteiger partial charge on any atom is -0.366 e. The Balaban J connectivity index is 2.28. The predicted octanol–water partition coefficient (Wildman–Crippen LogP) is 1.58. The van der Waals surface area contributed by atoms with Gasteiger partial charge in [0.25, 0.3) is 0 Å². The zero-order valence-corrected chi connectivity index (χ0v) is 8.96. The molecule has 1 aliphatic heterocycles. The van der Waals surface area contributed by atoms with Gasteiger partial charge < -0.3 is 10.6 Å². The Kier molecular flexibility index (Phi) is 2.61. The van der Waals surface area contributed by atoms with Crippen molar-refractivity contribution < 1.29 is 0 Å². The molecule has 14 heavy (non-hydrogen) atoms. The van der Waals surface area contributed by atoms with E-state index in [-0.39, 0.29) is 0 Å². The highest BCUT2D eigenvalue weighted by Gasteiger charge is 2.28. The van der Waals surface area contributed by atoms with Gasteiger partial charge >= 0.3 is 0 Å². The standard InChI is InChI=1S/C10H14ClN3/c1-7-10(11)9(2-4-13-7)14-5-3-8(14)6-12/h2,4,8H,3,5-6,12H2,1H3. The number of hydrogen-bond donors (Lipinski definition) is 1. The number of nitrogens with two attached hydrogens (primary N) is 1. The van der Waals surface area contributed by atoms with Crippen molar-refractivity contribution in [2.24, 2.45) is 5.73 Å². The van der Waals surface area contributed by atoms with E-state index in [2.05, 4.69) is 9.88 Å². The van der Waals surface area contributed by atoms with Gasteiger partial charge in [0, 0.05) is 25.3 Å². The molecule has 0 saturated carbocycles. The van der Waals surface area contributed by atoms with Crippen molar-refractivity contribution >= 4 is 17.3 Å². The molecule has 1 unspecified atom stereocenters. The van der Waals surface area contributed by atoms with E-state index in [1.165, 1.54) is 0 Å². The Hall–Kier alpha value is -0.800. The Labute approximate surface area is 88.9 Å². The molecule has 0 radical (unpaired) electrons. The molecule has 1 saturated heterocycles. The second-order valence-corrected chi connectivity index (χ2v) is 3.98. The van der Waals surface area contributed by atoms with Crippen LogP contribution in [0.3, 0.4) is 0 Å². The van der Waals surface area contributed by atoms with Crippen molar-refractivity contribution in [2.75, 3.05) is 18.0 Å². The lowest BCUT2D eigenvalue weighted by Crippen LogP contribution is -2.52. The summed E-state index contributed by atoms with van der Waals surface area (Å²) in [5.74, 6) is 0. The fourth-order valence-electron chi connectivity index (χ4n) is 1.76. The van der Waals surface area contributed by atoms with Crippen LogP contribution < -0.4 is 10.6 Å². The highest BCUT2D eigenvalue weighted by molar-refractivity contribution is 6.33. The molecular weight excluding hydrogens is 198 g/mol. The first-order valence-corrected chi connectivity index (χ1v) is 5.19. The second-order valence-electron chi connectivity index (χ2n) is 3.60. The van der Waals surface area contributed by atoms with Crippen LogP contribution in [-0.2, 0) is 0 Å². The van der Waals surface area contributed by atoms with Gasteiger partial charge in [-0.2, -0.15) is 0 Å². The maximum absolute atomic E-state index is 6.18. The van der Waals surface area contributed by atoms with Crippen LogP contribution in [0, 0.1) is 6.92 Å². The van der Waals surface area contributed by atoms with Crippen molar-refractivity contribution in [3.63, 3.8) is 0 Å². The topological polar surface area (TPSA) is 42.2 Å². The molecule has 0 spiro atoms. The van der Waals surface area contributed by atoms with Crippen LogP contribution in [0.5, 0.6) is 0 Å². The summed E-state index contributed by atoms with van der Waals surface area (Å²) in [4.78, 5) is 6.39. The molecule has 0 aromatic carbocycles. The Bertz CT molecular complexity index is 338. The number of hydrogen-bond acceptors (Lipinski definition) is 3. The summed E-state index contributed by atoms with van der Waals surface area (Å²) in [6.07, 6.45) is 2.96. The number of halogens is 1. The Morgan fingerprint density at radius 3 is 3.07 bits per heavy atom. The molecule has 0 amide bonds. The lowest BCUT2D eigenvalue weighted by Gasteiger charge is -2.42. The van der Waals surface area contributed by atoms with Gasteiger partial charge in [0.1, 0.15) is 0 Å². The molecule has 4 heteroatoms. The molecular formula is C10H14ClN3. The fraction of sp³-hybridized carbons (Fsp3) is 0.500. The normalized spacial score (nSPS) is 20.8. The van der Waals surface area contributed by atoms with Gasteiger partial charge in [-0.25, -0.2) is 0 Å². The molecule has 2 N–H and O–H groups in total. The van der Waals surface area contributed by atoms with Gasteiger partial charge in [-0.1, -0.05) is 11.6 Å². The Morgan fingerprint density at radius 1 is 1.71 bits per heavy atom. The molecule has 2 rings (SSSR count). The van der Waals surface area contributed by atoms with Gasteiger partial charge in [0.2, 0.25) is 0 Å². The van der Waals surface area contributed by atoms with E-state index < -0.39 is 0 Å². The summed E-state index contributed by atoms with van der Waals surface area (Å²) >= 11 is 6.18. The highest BCUT2D eigenvalue weighted by Crippen LogP contribution is 2.33. The van der Waals surface area contributed by atoms with Crippen molar-refractivity contribution in [2.45, 2.75) is 19.4 Å². The lowest BCUT2D eigenvalue weighted by molar-refractivity contribution is 0.456. The third-order valence-electron chi connectivity index (χ3n) is 2.77. The van der Waals surface area contributed by atoms with Crippen LogP contribution in [0.2, 0.25) is 5.02 Å². The highest BCUT2D eigenvalue weighted by atomic mass is 35.5. The minimum absolute atomic E-state index is 0.453. The first-order valence-electron chi connectivity index (χ1n) is 4.82. The van der Waals surface area contributed by atoms with E-state index in [9.17, 15) is 0 Å². The van der Waals surface area contributed by atoms with Crippen LogP contribution in [-0.4, -0.2) is 24.1 Å². The minimum atomic E-state index is 0.453. The number of aryl methyl sites for hydroxylation is 1. The smallest absolute Gasteiger partial charge is 0.0851 e. The van der Waals surface area contributed by atoms with Crippen LogP contribution in [0.25, 0.3) is 0 Å². The molecule has 2 heterocycles. The average molecular weight is 212 g/mol. The molecule has 1 fully saturated rings. The summed E-state index contributed by atoms with van der Waals surface area (Å²) in [6.45, 7) is 3.66. The average Bonchev–Trinajstić information content (AvgIpc) is 2.12. The van der Waals surface area contributed by atoms with Crippen LogP contribution in [0.4, 0.5) is 5.69 Å². The largest absolute Gasteiger partial charge is 0.366 e. The fourth-order valence-corrected chi connectivity index (χ4v) is 1.98. The molecule has 3 nitrogen and oxygen atoms in total. The third-order valence-corrected chi connectivity index (χ3v) is 3.24. The predicted molar refractivity (Wildman–Crippen MR) is 58.8 cm³/mol. The maximum Gasteiger partial charge on any atom is 0.0851 e. The van der Waals surface area contributed by atoms with Gasteiger partial charge in [-0.3, -0.25) is 4.98 Å². The van der Waals surface area contributed by atoms with E-state index in [0.29, 0.717) is 12.6 Å². The van der Waals surface area contributed by atoms with E-state index >= 15 is 0 Å². The Morgan fingerprint density at radius 2 is 2.50 bits per heavy atom. The van der Waals surface area contributed by atoms with Crippen LogP contribution in [0.15, 0.2) is 12.3 Å². The summed E-state index contributed by atoms with van der Waals surface area (Å²) < 4.78 is 0. The molecule has 0 aliphatic carbocycles. The summed E-state index contributed by atoms with van der Waals surface area (Å²) in [6, 6.07) is 2.41. The SMILES string of the molecule is Cc1nccc(N2CCC2CN)c1Cl. The monoisotopic (exact) mass is 211 g/mol. The van der Waals surface area contributed by atoms with E-state index in [0.717, 1.165) is 29.4 Å². The zero-order chi connectivity index (χ0) is 10.1. The summed E-state index contributed by atoms with van der Waals surface area (Å²) in [5, 5.41) is 0.755. The first kappa shape index (κ1) is 9.74. The van der Waals surface area contributed by atoms with Gasteiger partial charge in [-0.05, 0) is 19.4 Å². The molecule has 1 aliphatic rings. The number of anilines is 1. The first-order chi connectivity index (χ1) is 6.74. The maximum atomic E-state index is 6.18. The number of rotatable bonds is 2. The van der Waals surface area contributed by atoms with Crippen LogP contribution in [0.1, 0.15) is 12.1 Å². The molecule has 1 aromatic heterocycles. The van der Waals surface area contributed by atoms with Crippen molar-refractivity contribution in [1.82, 2.24) is 4.98 Å². The number of pyridine rings is 1. The number of nitrogens with zero attached hydrogens (tertiary/aromatic N) is 2. The van der Waals surface area contributed by atoms with Crippen LogP contribution >= 0.6 is 11.6 Å². The summed E-state index contributed by atoms with van der Waals surface area (Å²) in [7, 11) is 0. The summed E-state index contributed by atoms with van der Waals surface area (Å²) in [5.41, 5.74) is 7.60. The quantitative estimate of drug-likeness (QED) is 0.808. The van der Waals surface area contributed by atoms with Gasteiger partial charge in [0.05, 0.1) is 16.4 Å². The molecule has 76 valence electrons. The van der Waals surface area contributed by atoms with E-state index in [1.54, 1.807) is 6.20 Å². The van der Waals surface area contributed by atoms with E-state index in [1.807, 2.05) is 13.0 Å². The van der Waals surface area contributed by atoms with Gasteiger partial charge in [0.15, 0.2) is 0 Å². The van der Waals surface area contributed by atoms with Gasteiger partial charge in [-0.15, -0.1) is 0 Å². The molecule has 1 aromatic rings. The zero-order valence-electron chi connectivity index (χ0n) is 8.20. The second kappa shape index (κ2) is 3.75. The third kappa shape index (κ3) is 1.47. The molecule has 0 bridgehead atoms. The number of aromatic nitrogens is 1. The molecule has 1 atom stereocenters. The van der Waals surface area contributed by atoms with Crippen molar-refractivity contribution in [1.29, 1.82) is 0 Å². The van der Waals surface area contributed by atoms with E-state index in [4.69, 9.17) is 17.3 Å². The lowest BCUT2D eigenvalue weighted by atomic mass is 10.0. The van der Waals surface area contributed by atoms with Crippen molar-refractivity contribution in [3.05, 3.63) is 23.0 Å². The van der Waals surface area contributed by atoms with Crippen molar-refractivity contribution in [3.8, 4) is 0 Å².